The van der Waals surface area contributed by atoms with Crippen LogP contribution in [0, 0.1) is 5.82 Å². The number of nitrogens with zero attached hydrogens (tertiary/aromatic N) is 3. The summed E-state index contributed by atoms with van der Waals surface area (Å²) in [5.74, 6) is -0.274. The Labute approximate surface area is 212 Å². The Kier molecular flexibility index (Phi) is 7.40. The fourth-order valence-electron chi connectivity index (χ4n) is 6.85. The van der Waals surface area contributed by atoms with E-state index in [-0.39, 0.29) is 36.0 Å². The summed E-state index contributed by atoms with van der Waals surface area (Å²) in [5.41, 5.74) is 1.40. The third-order valence-corrected chi connectivity index (χ3v) is 8.64. The lowest BCUT2D eigenvalue weighted by Crippen LogP contribution is -2.55. The van der Waals surface area contributed by atoms with E-state index >= 15 is 0 Å². The van der Waals surface area contributed by atoms with Gasteiger partial charge in [-0.3, -0.25) is 4.90 Å². The molecule has 0 aromatic heterocycles. The summed E-state index contributed by atoms with van der Waals surface area (Å²) in [5, 5.41) is 0. The van der Waals surface area contributed by atoms with Gasteiger partial charge in [-0.1, -0.05) is 6.92 Å². The van der Waals surface area contributed by atoms with E-state index in [1.807, 2.05) is 11.8 Å². The maximum atomic E-state index is 14.3. The van der Waals surface area contributed by atoms with Gasteiger partial charge >= 0.3 is 12.2 Å². The van der Waals surface area contributed by atoms with E-state index in [1.165, 1.54) is 6.07 Å². The highest BCUT2D eigenvalue weighted by molar-refractivity contribution is 5.91. The Morgan fingerprint density at radius 2 is 1.69 bits per heavy atom. The number of piperidine rings is 2. The zero-order valence-electron chi connectivity index (χ0n) is 21.4. The number of carbonyl (C=O) groups excluding carboxylic acids is 2. The molecule has 36 heavy (non-hydrogen) atoms. The van der Waals surface area contributed by atoms with Gasteiger partial charge in [0.05, 0.1) is 18.9 Å². The lowest BCUT2D eigenvalue weighted by molar-refractivity contribution is 0.0266. The molecule has 5 rings (SSSR count). The van der Waals surface area contributed by atoms with Gasteiger partial charge in [-0.2, -0.15) is 0 Å². The summed E-state index contributed by atoms with van der Waals surface area (Å²) >= 11 is 0. The van der Waals surface area contributed by atoms with Gasteiger partial charge in [0.15, 0.2) is 0 Å². The van der Waals surface area contributed by atoms with Crippen LogP contribution < -0.4 is 4.90 Å². The van der Waals surface area contributed by atoms with Crippen molar-refractivity contribution in [3.05, 3.63) is 29.6 Å². The summed E-state index contributed by atoms with van der Waals surface area (Å²) < 4.78 is 30.2. The molecule has 4 aliphatic heterocycles. The van der Waals surface area contributed by atoms with Crippen LogP contribution in [0.5, 0.6) is 0 Å². The van der Waals surface area contributed by atoms with Crippen molar-refractivity contribution in [3.8, 4) is 0 Å². The Morgan fingerprint density at radius 3 is 2.36 bits per heavy atom. The van der Waals surface area contributed by atoms with Crippen molar-refractivity contribution < 1.29 is 28.2 Å². The number of carbonyl (C=O) groups is 2. The van der Waals surface area contributed by atoms with Crippen LogP contribution in [0.25, 0.3) is 0 Å². The molecule has 3 fully saturated rings. The number of hydrogen-bond donors (Lipinski definition) is 0. The van der Waals surface area contributed by atoms with Crippen molar-refractivity contribution >= 4 is 17.9 Å². The van der Waals surface area contributed by atoms with Crippen LogP contribution in [0.3, 0.4) is 0 Å². The van der Waals surface area contributed by atoms with E-state index in [9.17, 15) is 14.0 Å². The average molecular weight is 504 g/mol. The molecule has 1 spiro atoms. The quantitative estimate of drug-likeness (QED) is 0.539. The summed E-state index contributed by atoms with van der Waals surface area (Å²) in [6.07, 6.45) is 6.06. The van der Waals surface area contributed by atoms with Gasteiger partial charge < -0.3 is 24.0 Å². The molecular formula is C27H38FN3O5. The van der Waals surface area contributed by atoms with E-state index in [0.29, 0.717) is 25.8 Å². The molecule has 4 aliphatic rings. The molecule has 2 unspecified atom stereocenters. The molecule has 0 aliphatic carbocycles. The topological polar surface area (TPSA) is 71.6 Å². The van der Waals surface area contributed by atoms with Crippen LogP contribution >= 0.6 is 0 Å². The first-order valence-corrected chi connectivity index (χ1v) is 13.4. The van der Waals surface area contributed by atoms with Gasteiger partial charge in [0.25, 0.3) is 0 Å². The van der Waals surface area contributed by atoms with Gasteiger partial charge in [0.2, 0.25) is 0 Å². The van der Waals surface area contributed by atoms with Crippen LogP contribution in [-0.4, -0.2) is 86.7 Å². The molecule has 0 saturated carbocycles. The van der Waals surface area contributed by atoms with Gasteiger partial charge in [-0.05, 0) is 81.8 Å². The minimum absolute atomic E-state index is 0.150. The van der Waals surface area contributed by atoms with Crippen LogP contribution in [-0.2, 0) is 19.6 Å². The summed E-state index contributed by atoms with van der Waals surface area (Å²) in [6.45, 7) is 5.32. The smallest absolute Gasteiger partial charge is 0.414 e. The SMILES string of the molecule is CCCOC(=O)N1C2CCC1CC(N1CCC3(CC1)CN(C(=O)OCCOC)c1ccc(F)cc13)C2. The Balaban J connectivity index is 1.24. The summed E-state index contributed by atoms with van der Waals surface area (Å²) in [7, 11) is 1.57. The lowest BCUT2D eigenvalue weighted by atomic mass is 9.73. The van der Waals surface area contributed by atoms with E-state index < -0.39 is 6.09 Å². The monoisotopic (exact) mass is 503 g/mol. The second-order valence-corrected chi connectivity index (χ2v) is 10.7. The highest BCUT2D eigenvalue weighted by Gasteiger charge is 2.50. The fraction of sp³-hybridized carbons (Fsp3) is 0.704. The zero-order chi connectivity index (χ0) is 25.3. The minimum atomic E-state index is -0.405. The molecule has 0 radical (unpaired) electrons. The standard InChI is InChI=1S/C27H38FN3O5/c1-3-12-35-26(33)31-20-5-6-21(31)17-22(16-20)29-10-8-27(9-11-29)18-30(25(32)36-14-13-34-2)24-7-4-19(28)15-23(24)27/h4,7,15,20-22H,3,5-6,8-14,16-18H2,1-2H3. The molecule has 3 saturated heterocycles. The first-order valence-electron chi connectivity index (χ1n) is 13.4. The van der Waals surface area contributed by atoms with Gasteiger partial charge in [0, 0.05) is 37.2 Å². The van der Waals surface area contributed by atoms with Crippen LogP contribution in [0.2, 0.25) is 0 Å². The van der Waals surface area contributed by atoms with Gasteiger partial charge in [0.1, 0.15) is 12.4 Å². The molecule has 0 N–H and O–H groups in total. The first-order chi connectivity index (χ1) is 17.5. The fourth-order valence-corrected chi connectivity index (χ4v) is 6.85. The summed E-state index contributed by atoms with van der Waals surface area (Å²) in [6, 6.07) is 5.68. The van der Waals surface area contributed by atoms with Crippen molar-refractivity contribution in [2.75, 3.05) is 51.5 Å². The highest BCUT2D eigenvalue weighted by atomic mass is 19.1. The molecule has 4 heterocycles. The average Bonchev–Trinajstić information content (AvgIpc) is 3.33. The Bertz CT molecular complexity index is 953. The molecule has 2 atom stereocenters. The Morgan fingerprint density at radius 1 is 1.00 bits per heavy atom. The normalized spacial score (nSPS) is 26.8. The maximum Gasteiger partial charge on any atom is 0.414 e. The molecule has 9 heteroatoms. The van der Waals surface area contributed by atoms with Crippen molar-refractivity contribution in [3.63, 3.8) is 0 Å². The number of methoxy groups -OCH3 is 1. The van der Waals surface area contributed by atoms with E-state index in [4.69, 9.17) is 14.2 Å². The number of fused-ring (bicyclic) bond motifs is 4. The number of benzene rings is 1. The first kappa shape index (κ1) is 25.3. The van der Waals surface area contributed by atoms with Crippen molar-refractivity contribution in [2.45, 2.75) is 75.4 Å². The number of halogens is 1. The van der Waals surface area contributed by atoms with Crippen molar-refractivity contribution in [2.24, 2.45) is 0 Å². The highest BCUT2D eigenvalue weighted by Crippen LogP contribution is 2.48. The second kappa shape index (κ2) is 10.5. The molecule has 2 amide bonds. The molecule has 198 valence electrons. The van der Waals surface area contributed by atoms with E-state index in [2.05, 4.69) is 4.90 Å². The van der Waals surface area contributed by atoms with Crippen LogP contribution in [0.15, 0.2) is 18.2 Å². The predicted octanol–water partition coefficient (Wildman–Crippen LogP) is 4.30. The Hall–Kier alpha value is -2.39. The number of anilines is 1. The van der Waals surface area contributed by atoms with E-state index in [0.717, 1.165) is 69.3 Å². The number of rotatable bonds is 6. The number of amides is 2. The van der Waals surface area contributed by atoms with Crippen molar-refractivity contribution in [1.82, 2.24) is 9.80 Å². The van der Waals surface area contributed by atoms with E-state index in [1.54, 1.807) is 24.1 Å². The molecule has 1 aromatic rings. The second-order valence-electron chi connectivity index (χ2n) is 10.7. The lowest BCUT2D eigenvalue weighted by Gasteiger charge is -2.47. The largest absolute Gasteiger partial charge is 0.449 e. The van der Waals surface area contributed by atoms with Crippen LogP contribution in [0.4, 0.5) is 19.7 Å². The number of ether oxygens (including phenoxy) is 3. The molecule has 8 nitrogen and oxygen atoms in total. The molecule has 2 bridgehead atoms. The number of likely N-dealkylation sites (tertiary alicyclic amines) is 1. The molecular weight excluding hydrogens is 465 g/mol. The molecule has 1 aromatic carbocycles. The predicted molar refractivity (Wildman–Crippen MR) is 133 cm³/mol. The third kappa shape index (κ3) is 4.67. The minimum Gasteiger partial charge on any atom is -0.449 e. The van der Waals surface area contributed by atoms with Crippen LogP contribution in [0.1, 0.15) is 57.4 Å². The van der Waals surface area contributed by atoms with Gasteiger partial charge in [-0.15, -0.1) is 0 Å². The van der Waals surface area contributed by atoms with Crippen molar-refractivity contribution in [1.29, 1.82) is 0 Å². The van der Waals surface area contributed by atoms with Gasteiger partial charge in [-0.25, -0.2) is 14.0 Å². The maximum absolute atomic E-state index is 14.3. The summed E-state index contributed by atoms with van der Waals surface area (Å²) in [4.78, 5) is 31.7. The zero-order valence-corrected chi connectivity index (χ0v) is 21.4. The third-order valence-electron chi connectivity index (χ3n) is 8.64. The number of hydrogen-bond acceptors (Lipinski definition) is 6.